The fourth-order valence-electron chi connectivity index (χ4n) is 2.45. The van der Waals surface area contributed by atoms with Crippen LogP contribution in [0.25, 0.3) is 0 Å². The molecular formula is C14H20BrNO2. The van der Waals surface area contributed by atoms with Crippen LogP contribution in [0.5, 0.6) is 0 Å². The van der Waals surface area contributed by atoms with Crippen molar-refractivity contribution in [2.75, 3.05) is 25.1 Å². The van der Waals surface area contributed by atoms with E-state index in [-0.39, 0.29) is 12.2 Å². The standard InChI is InChI=1S/C14H20BrNO2/c1-14(18-2)6-3-7-16(10-14)12-5-4-11(9-17)13(15)8-12/h4-5,8,17H,3,6-7,9-10H2,1-2H3. The molecule has 0 bridgehead atoms. The summed E-state index contributed by atoms with van der Waals surface area (Å²) in [7, 11) is 1.79. The molecule has 0 aliphatic carbocycles. The van der Waals surface area contributed by atoms with Crippen molar-refractivity contribution < 1.29 is 9.84 Å². The Bertz CT molecular complexity index is 424. The molecule has 0 spiro atoms. The summed E-state index contributed by atoms with van der Waals surface area (Å²) < 4.78 is 6.58. The summed E-state index contributed by atoms with van der Waals surface area (Å²) >= 11 is 3.50. The van der Waals surface area contributed by atoms with Crippen molar-refractivity contribution in [1.82, 2.24) is 0 Å². The molecule has 1 heterocycles. The maximum Gasteiger partial charge on any atom is 0.0825 e. The normalized spacial score (nSPS) is 24.3. The number of halogens is 1. The monoisotopic (exact) mass is 313 g/mol. The number of nitrogens with zero attached hydrogens (tertiary/aromatic N) is 1. The van der Waals surface area contributed by atoms with Crippen LogP contribution in [0.15, 0.2) is 22.7 Å². The van der Waals surface area contributed by atoms with E-state index in [0.717, 1.165) is 36.0 Å². The van der Waals surface area contributed by atoms with Gasteiger partial charge in [-0.15, -0.1) is 0 Å². The van der Waals surface area contributed by atoms with Gasteiger partial charge in [0.1, 0.15) is 0 Å². The largest absolute Gasteiger partial charge is 0.392 e. The van der Waals surface area contributed by atoms with E-state index in [1.165, 1.54) is 5.69 Å². The van der Waals surface area contributed by atoms with Crippen molar-refractivity contribution in [3.63, 3.8) is 0 Å². The average molecular weight is 314 g/mol. The van der Waals surface area contributed by atoms with Gasteiger partial charge in [0.05, 0.1) is 12.2 Å². The highest BCUT2D eigenvalue weighted by Crippen LogP contribution is 2.30. The zero-order valence-corrected chi connectivity index (χ0v) is 12.5. The Labute approximate surface area is 117 Å². The Morgan fingerprint density at radius 2 is 2.28 bits per heavy atom. The first-order valence-corrected chi connectivity index (χ1v) is 7.07. The molecule has 1 aromatic rings. The van der Waals surface area contributed by atoms with Crippen molar-refractivity contribution >= 4 is 21.6 Å². The van der Waals surface area contributed by atoms with E-state index in [4.69, 9.17) is 4.74 Å². The molecule has 0 saturated carbocycles. The number of hydrogen-bond acceptors (Lipinski definition) is 3. The van der Waals surface area contributed by atoms with Crippen LogP contribution in [0.1, 0.15) is 25.3 Å². The number of benzene rings is 1. The lowest BCUT2D eigenvalue weighted by Crippen LogP contribution is -2.47. The van der Waals surface area contributed by atoms with E-state index in [1.54, 1.807) is 7.11 Å². The molecule has 1 aliphatic heterocycles. The summed E-state index contributed by atoms with van der Waals surface area (Å²) in [4.78, 5) is 2.35. The Morgan fingerprint density at radius 3 is 2.89 bits per heavy atom. The van der Waals surface area contributed by atoms with Gasteiger partial charge in [-0.05, 0) is 37.5 Å². The van der Waals surface area contributed by atoms with E-state index in [1.807, 2.05) is 6.07 Å². The van der Waals surface area contributed by atoms with E-state index in [9.17, 15) is 5.11 Å². The van der Waals surface area contributed by atoms with Gasteiger partial charge < -0.3 is 14.7 Å². The number of rotatable bonds is 3. The molecular weight excluding hydrogens is 294 g/mol. The van der Waals surface area contributed by atoms with Crippen molar-refractivity contribution in [3.05, 3.63) is 28.2 Å². The zero-order valence-electron chi connectivity index (χ0n) is 10.9. The Hall–Kier alpha value is -0.580. The number of aliphatic hydroxyl groups excluding tert-OH is 1. The number of piperidine rings is 1. The van der Waals surface area contributed by atoms with Crippen LogP contribution in [0.3, 0.4) is 0 Å². The molecule has 1 aliphatic rings. The summed E-state index contributed by atoms with van der Waals surface area (Å²) in [6.07, 6.45) is 2.25. The highest BCUT2D eigenvalue weighted by molar-refractivity contribution is 9.10. The molecule has 100 valence electrons. The Balaban J connectivity index is 2.18. The Kier molecular flexibility index (Phi) is 4.30. The molecule has 1 aromatic carbocycles. The molecule has 4 heteroatoms. The number of methoxy groups -OCH3 is 1. The predicted octanol–water partition coefficient (Wildman–Crippen LogP) is 2.95. The maximum atomic E-state index is 9.18. The van der Waals surface area contributed by atoms with E-state index < -0.39 is 0 Å². The number of hydrogen-bond donors (Lipinski definition) is 1. The second-order valence-electron chi connectivity index (χ2n) is 5.11. The molecule has 1 fully saturated rings. The molecule has 18 heavy (non-hydrogen) atoms. The molecule has 0 amide bonds. The van der Waals surface area contributed by atoms with Crippen LogP contribution in [0.4, 0.5) is 5.69 Å². The smallest absolute Gasteiger partial charge is 0.0825 e. The van der Waals surface area contributed by atoms with Crippen LogP contribution in [0.2, 0.25) is 0 Å². The fourth-order valence-corrected chi connectivity index (χ4v) is 2.95. The summed E-state index contributed by atoms with van der Waals surface area (Å²) in [6.45, 7) is 4.20. The van der Waals surface area contributed by atoms with Crippen LogP contribution in [0, 0.1) is 0 Å². The van der Waals surface area contributed by atoms with Gasteiger partial charge in [0.15, 0.2) is 0 Å². The van der Waals surface area contributed by atoms with E-state index in [0.29, 0.717) is 0 Å². The van der Waals surface area contributed by atoms with Crippen molar-refractivity contribution in [1.29, 1.82) is 0 Å². The molecule has 1 saturated heterocycles. The summed E-state index contributed by atoms with van der Waals surface area (Å²) in [6, 6.07) is 6.11. The minimum absolute atomic E-state index is 0.0552. The second kappa shape index (κ2) is 5.59. The lowest BCUT2D eigenvalue weighted by molar-refractivity contribution is -0.00465. The zero-order chi connectivity index (χ0) is 13.2. The topological polar surface area (TPSA) is 32.7 Å². The molecule has 0 radical (unpaired) electrons. The minimum Gasteiger partial charge on any atom is -0.392 e. The van der Waals surface area contributed by atoms with Gasteiger partial charge in [0.2, 0.25) is 0 Å². The first-order valence-electron chi connectivity index (χ1n) is 6.27. The SMILES string of the molecule is COC1(C)CCCN(c2ccc(CO)c(Br)c2)C1. The fraction of sp³-hybridized carbons (Fsp3) is 0.571. The third kappa shape index (κ3) is 2.87. The number of aliphatic hydroxyl groups is 1. The van der Waals surface area contributed by atoms with Crippen LogP contribution in [-0.2, 0) is 11.3 Å². The van der Waals surface area contributed by atoms with Gasteiger partial charge in [-0.3, -0.25) is 0 Å². The maximum absolute atomic E-state index is 9.18. The molecule has 1 N–H and O–H groups in total. The lowest BCUT2D eigenvalue weighted by Gasteiger charge is -2.40. The number of ether oxygens (including phenoxy) is 1. The van der Waals surface area contributed by atoms with Crippen molar-refractivity contribution in [2.45, 2.75) is 32.0 Å². The van der Waals surface area contributed by atoms with Gasteiger partial charge in [0, 0.05) is 30.4 Å². The van der Waals surface area contributed by atoms with Crippen LogP contribution < -0.4 is 4.90 Å². The van der Waals surface area contributed by atoms with Crippen LogP contribution >= 0.6 is 15.9 Å². The van der Waals surface area contributed by atoms with Crippen LogP contribution in [-0.4, -0.2) is 30.9 Å². The third-order valence-electron chi connectivity index (χ3n) is 3.72. The molecule has 1 unspecified atom stereocenters. The van der Waals surface area contributed by atoms with E-state index >= 15 is 0 Å². The summed E-state index contributed by atoms with van der Waals surface area (Å²) in [5.74, 6) is 0. The first-order chi connectivity index (χ1) is 8.58. The van der Waals surface area contributed by atoms with Gasteiger partial charge >= 0.3 is 0 Å². The predicted molar refractivity (Wildman–Crippen MR) is 76.9 cm³/mol. The second-order valence-corrected chi connectivity index (χ2v) is 5.97. The van der Waals surface area contributed by atoms with Gasteiger partial charge in [-0.1, -0.05) is 22.0 Å². The lowest BCUT2D eigenvalue weighted by atomic mass is 9.94. The van der Waals surface area contributed by atoms with Crippen molar-refractivity contribution in [2.24, 2.45) is 0 Å². The first kappa shape index (κ1) is 13.8. The van der Waals surface area contributed by atoms with Gasteiger partial charge in [-0.25, -0.2) is 0 Å². The summed E-state index contributed by atoms with van der Waals surface area (Å²) in [5, 5.41) is 9.18. The van der Waals surface area contributed by atoms with Gasteiger partial charge in [0.25, 0.3) is 0 Å². The highest BCUT2D eigenvalue weighted by atomic mass is 79.9. The van der Waals surface area contributed by atoms with Crippen molar-refractivity contribution in [3.8, 4) is 0 Å². The Morgan fingerprint density at radius 1 is 1.50 bits per heavy atom. The number of anilines is 1. The minimum atomic E-state index is -0.0552. The highest BCUT2D eigenvalue weighted by Gasteiger charge is 2.30. The third-order valence-corrected chi connectivity index (χ3v) is 4.46. The summed E-state index contributed by atoms with van der Waals surface area (Å²) in [5.41, 5.74) is 2.05. The molecule has 3 nitrogen and oxygen atoms in total. The molecule has 0 aromatic heterocycles. The quantitative estimate of drug-likeness (QED) is 0.931. The van der Waals surface area contributed by atoms with Gasteiger partial charge in [-0.2, -0.15) is 0 Å². The average Bonchev–Trinajstić information content (AvgIpc) is 2.39. The molecule has 2 rings (SSSR count). The molecule has 1 atom stereocenters. The van der Waals surface area contributed by atoms with E-state index in [2.05, 4.69) is 39.9 Å².